The van der Waals surface area contributed by atoms with Crippen LogP contribution < -0.4 is 0 Å². The zero-order valence-corrected chi connectivity index (χ0v) is 13.3. The Kier molecular flexibility index (Phi) is 4.18. The van der Waals surface area contributed by atoms with Crippen molar-refractivity contribution in [3.63, 3.8) is 0 Å². The van der Waals surface area contributed by atoms with Crippen LogP contribution in [-0.2, 0) is 29.6 Å². The van der Waals surface area contributed by atoms with Crippen LogP contribution in [0.1, 0.15) is 11.1 Å². The van der Waals surface area contributed by atoms with Crippen molar-refractivity contribution in [3.05, 3.63) is 77.4 Å². The maximum Gasteiger partial charge on any atom is 0.342 e. The number of hydrogen-bond donors (Lipinski definition) is 0. The van der Waals surface area contributed by atoms with Crippen LogP contribution >= 0.6 is 0 Å². The van der Waals surface area contributed by atoms with E-state index < -0.39 is 17.7 Å². The van der Waals surface area contributed by atoms with Gasteiger partial charge in [0, 0.05) is 12.7 Å². The number of benzene rings is 2. The molecule has 0 saturated heterocycles. The van der Waals surface area contributed by atoms with E-state index in [2.05, 4.69) is 0 Å². The molecule has 1 aliphatic heterocycles. The van der Waals surface area contributed by atoms with Crippen molar-refractivity contribution >= 4 is 17.5 Å². The van der Waals surface area contributed by atoms with Gasteiger partial charge in [0.25, 0.3) is 5.79 Å². The monoisotopic (exact) mass is 324 g/mol. The van der Waals surface area contributed by atoms with Crippen LogP contribution in [0.4, 0.5) is 0 Å². The average Bonchev–Trinajstić information content (AvgIpc) is 2.96. The van der Waals surface area contributed by atoms with Crippen molar-refractivity contribution in [2.45, 2.75) is 5.79 Å². The number of ether oxygens (including phenoxy) is 3. The van der Waals surface area contributed by atoms with Gasteiger partial charge in [0.2, 0.25) is 0 Å². The van der Waals surface area contributed by atoms with Gasteiger partial charge in [-0.2, -0.15) is 0 Å². The Morgan fingerprint density at radius 3 is 2.08 bits per heavy atom. The third-order valence-electron chi connectivity index (χ3n) is 3.91. The average molecular weight is 324 g/mol. The molecule has 5 nitrogen and oxygen atoms in total. The summed E-state index contributed by atoms with van der Waals surface area (Å²) in [5.74, 6) is -2.94. The molecule has 0 aromatic heterocycles. The zero-order chi connectivity index (χ0) is 17.2. The summed E-state index contributed by atoms with van der Waals surface area (Å²) in [5.41, 5.74) is 1.29. The second-order valence-corrected chi connectivity index (χ2v) is 5.18. The number of methoxy groups -OCH3 is 2. The molecule has 0 fully saturated rings. The van der Waals surface area contributed by atoms with E-state index in [4.69, 9.17) is 14.2 Å². The Hall–Kier alpha value is -2.92. The molecule has 122 valence electrons. The fourth-order valence-electron chi connectivity index (χ4n) is 2.83. The van der Waals surface area contributed by atoms with Gasteiger partial charge in [0.15, 0.2) is 0 Å². The lowest BCUT2D eigenvalue weighted by Gasteiger charge is -2.28. The van der Waals surface area contributed by atoms with Crippen molar-refractivity contribution < 1.29 is 23.8 Å². The molecule has 24 heavy (non-hydrogen) atoms. The van der Waals surface area contributed by atoms with Crippen LogP contribution in [0.3, 0.4) is 0 Å². The predicted molar refractivity (Wildman–Crippen MR) is 86.6 cm³/mol. The summed E-state index contributed by atoms with van der Waals surface area (Å²) in [6, 6.07) is 17.7. The summed E-state index contributed by atoms with van der Waals surface area (Å²) < 4.78 is 16.0. The van der Waals surface area contributed by atoms with Gasteiger partial charge in [0.1, 0.15) is 5.57 Å². The number of carbonyl (C=O) groups excluding carboxylic acids is 2. The first-order valence-corrected chi connectivity index (χ1v) is 7.36. The predicted octanol–water partition coefficient (Wildman–Crippen LogP) is 2.67. The fraction of sp³-hybridized carbons (Fsp3) is 0.158. The number of hydrogen-bond acceptors (Lipinski definition) is 5. The molecule has 0 saturated carbocycles. The van der Waals surface area contributed by atoms with Crippen molar-refractivity contribution in [2.24, 2.45) is 0 Å². The van der Waals surface area contributed by atoms with Gasteiger partial charge in [-0.05, 0) is 5.56 Å². The number of carbonyl (C=O) groups is 2. The minimum Gasteiger partial charge on any atom is -0.465 e. The molecular formula is C19H16O5. The summed E-state index contributed by atoms with van der Waals surface area (Å²) >= 11 is 0. The first-order chi connectivity index (χ1) is 11.6. The maximum absolute atomic E-state index is 12.6. The molecule has 2 aromatic carbocycles. The van der Waals surface area contributed by atoms with E-state index in [0.29, 0.717) is 11.1 Å². The van der Waals surface area contributed by atoms with Crippen LogP contribution in [0.5, 0.6) is 0 Å². The first-order valence-electron chi connectivity index (χ1n) is 7.36. The number of rotatable bonds is 4. The lowest BCUT2D eigenvalue weighted by Crippen LogP contribution is -2.35. The second kappa shape index (κ2) is 6.29. The summed E-state index contributed by atoms with van der Waals surface area (Å²) in [7, 11) is 2.64. The molecule has 0 aliphatic carbocycles. The molecule has 1 heterocycles. The number of cyclic esters (lactones) is 1. The van der Waals surface area contributed by atoms with Crippen LogP contribution in [-0.4, -0.2) is 26.2 Å². The summed E-state index contributed by atoms with van der Waals surface area (Å²) in [4.78, 5) is 25.1. The topological polar surface area (TPSA) is 61.8 Å². The summed E-state index contributed by atoms with van der Waals surface area (Å²) in [6.07, 6.45) is 0. The summed E-state index contributed by atoms with van der Waals surface area (Å²) in [5, 5.41) is 0. The van der Waals surface area contributed by atoms with E-state index in [0.717, 1.165) is 0 Å². The van der Waals surface area contributed by atoms with Gasteiger partial charge in [-0.3, -0.25) is 0 Å². The van der Waals surface area contributed by atoms with Crippen molar-refractivity contribution in [2.75, 3.05) is 14.2 Å². The SMILES string of the molecule is COC(=O)C1=C(c2ccccc2)C(=O)OC1(OC)c1ccccc1. The lowest BCUT2D eigenvalue weighted by atomic mass is 9.92. The molecule has 3 rings (SSSR count). The van der Waals surface area contributed by atoms with E-state index in [9.17, 15) is 9.59 Å². The van der Waals surface area contributed by atoms with E-state index >= 15 is 0 Å². The smallest absolute Gasteiger partial charge is 0.342 e. The third kappa shape index (κ3) is 2.39. The Morgan fingerprint density at radius 1 is 0.958 bits per heavy atom. The Morgan fingerprint density at radius 2 is 1.54 bits per heavy atom. The lowest BCUT2D eigenvalue weighted by molar-refractivity contribution is -0.199. The molecule has 0 bridgehead atoms. The van der Waals surface area contributed by atoms with Gasteiger partial charge in [0.05, 0.1) is 12.7 Å². The van der Waals surface area contributed by atoms with Crippen LogP contribution in [0.2, 0.25) is 0 Å². The van der Waals surface area contributed by atoms with Gasteiger partial charge >= 0.3 is 11.9 Å². The quantitative estimate of drug-likeness (QED) is 0.809. The van der Waals surface area contributed by atoms with Crippen molar-refractivity contribution in [3.8, 4) is 0 Å². The molecular weight excluding hydrogens is 308 g/mol. The van der Waals surface area contributed by atoms with Crippen LogP contribution in [0.15, 0.2) is 66.2 Å². The Labute approximate surface area is 139 Å². The van der Waals surface area contributed by atoms with Gasteiger partial charge < -0.3 is 14.2 Å². The summed E-state index contributed by atoms with van der Waals surface area (Å²) in [6.45, 7) is 0. The van der Waals surface area contributed by atoms with Crippen molar-refractivity contribution in [1.82, 2.24) is 0 Å². The van der Waals surface area contributed by atoms with E-state index in [1.807, 2.05) is 12.1 Å². The molecule has 1 atom stereocenters. The van der Waals surface area contributed by atoms with Crippen LogP contribution in [0, 0.1) is 0 Å². The minimum absolute atomic E-state index is 0.0369. The maximum atomic E-state index is 12.6. The normalized spacial score (nSPS) is 20.0. The molecule has 0 spiro atoms. The van der Waals surface area contributed by atoms with Crippen molar-refractivity contribution in [1.29, 1.82) is 0 Å². The Balaban J connectivity index is 2.30. The minimum atomic E-state index is -1.63. The second-order valence-electron chi connectivity index (χ2n) is 5.18. The zero-order valence-electron chi connectivity index (χ0n) is 13.3. The highest BCUT2D eigenvalue weighted by Gasteiger charge is 2.53. The van der Waals surface area contributed by atoms with Crippen LogP contribution in [0.25, 0.3) is 5.57 Å². The highest BCUT2D eigenvalue weighted by Crippen LogP contribution is 2.45. The fourth-order valence-corrected chi connectivity index (χ4v) is 2.83. The highest BCUT2D eigenvalue weighted by atomic mass is 16.7. The van der Waals surface area contributed by atoms with Gasteiger partial charge in [-0.25, -0.2) is 9.59 Å². The van der Waals surface area contributed by atoms with E-state index in [-0.39, 0.29) is 11.1 Å². The molecule has 0 radical (unpaired) electrons. The Bertz CT molecular complexity index is 795. The standard InChI is InChI=1S/C19H16O5/c1-22-18(21)16-15(13-9-5-3-6-10-13)17(20)24-19(16,23-2)14-11-7-4-8-12-14/h3-12H,1-2H3. The third-order valence-corrected chi connectivity index (χ3v) is 3.91. The molecule has 2 aromatic rings. The molecule has 0 N–H and O–H groups in total. The highest BCUT2D eigenvalue weighted by molar-refractivity contribution is 6.26. The van der Waals surface area contributed by atoms with Gasteiger partial charge in [-0.15, -0.1) is 0 Å². The number of esters is 2. The van der Waals surface area contributed by atoms with Gasteiger partial charge in [-0.1, -0.05) is 60.7 Å². The first kappa shape index (κ1) is 16.0. The largest absolute Gasteiger partial charge is 0.465 e. The molecule has 1 aliphatic rings. The molecule has 1 unspecified atom stereocenters. The molecule has 5 heteroatoms. The van der Waals surface area contributed by atoms with E-state index in [1.54, 1.807) is 48.5 Å². The molecule has 0 amide bonds. The van der Waals surface area contributed by atoms with E-state index in [1.165, 1.54) is 14.2 Å².